The number of aliphatic carboxylic acids is 1. The molecule has 2 N–H and O–H groups in total. The Labute approximate surface area is 221 Å². The third-order valence-corrected chi connectivity index (χ3v) is 6.74. The van der Waals surface area contributed by atoms with Crippen LogP contribution in [-0.4, -0.2) is 30.3 Å². The molecule has 0 saturated carbocycles. The van der Waals surface area contributed by atoms with Gasteiger partial charge in [-0.05, 0) is 53.4 Å². The molecule has 4 aromatic rings. The molecule has 0 amide bonds. The summed E-state index contributed by atoms with van der Waals surface area (Å²) in [6, 6.07) is 27.4. The number of hydrogen-bond donors (Lipinski definition) is 2. The monoisotopic (exact) mass is 521 g/mol. The van der Waals surface area contributed by atoms with Crippen LogP contribution in [0.2, 0.25) is 0 Å². The molecule has 5 nitrogen and oxygen atoms in total. The van der Waals surface area contributed by atoms with Crippen LogP contribution in [0.3, 0.4) is 0 Å². The van der Waals surface area contributed by atoms with E-state index in [0.717, 1.165) is 16.9 Å². The van der Waals surface area contributed by atoms with Crippen molar-refractivity contribution >= 4 is 29.1 Å². The van der Waals surface area contributed by atoms with Crippen LogP contribution in [0.1, 0.15) is 42.0 Å². The summed E-state index contributed by atoms with van der Waals surface area (Å²) in [6.45, 7) is 2.21. The lowest BCUT2D eigenvalue weighted by atomic mass is 9.84. The number of carboxylic acids is 1. The van der Waals surface area contributed by atoms with Crippen LogP contribution in [-0.2, 0) is 4.79 Å². The summed E-state index contributed by atoms with van der Waals surface area (Å²) >= 11 is 0. The largest absolute Gasteiger partial charge is 0.489 e. The molecule has 0 bridgehead atoms. The number of benzene rings is 4. The number of rotatable bonds is 8. The summed E-state index contributed by atoms with van der Waals surface area (Å²) in [6.07, 6.45) is 0.578. The van der Waals surface area contributed by atoms with Crippen molar-refractivity contribution < 1.29 is 23.8 Å². The maximum absolute atomic E-state index is 14.7. The number of fused-ring (bicyclic) bond motifs is 2. The first-order valence-electron chi connectivity index (χ1n) is 12.1. The highest BCUT2D eigenvalue weighted by atomic mass is 35.5. The van der Waals surface area contributed by atoms with Gasteiger partial charge in [-0.2, -0.15) is 0 Å². The van der Waals surface area contributed by atoms with Crippen LogP contribution in [0.25, 0.3) is 10.8 Å². The molecule has 1 heterocycles. The van der Waals surface area contributed by atoms with Gasteiger partial charge >= 0.3 is 5.97 Å². The van der Waals surface area contributed by atoms with Crippen molar-refractivity contribution in [3.05, 3.63) is 107 Å². The van der Waals surface area contributed by atoms with Crippen LogP contribution in [0.4, 0.5) is 4.39 Å². The van der Waals surface area contributed by atoms with Gasteiger partial charge in [-0.15, -0.1) is 12.4 Å². The fraction of sp³-hybridized carbons (Fsp3) is 0.233. The molecule has 1 aliphatic heterocycles. The molecule has 4 aromatic carbocycles. The first kappa shape index (κ1) is 26.5. The van der Waals surface area contributed by atoms with E-state index in [0.29, 0.717) is 13.0 Å². The van der Waals surface area contributed by atoms with Gasteiger partial charge in [0.05, 0.1) is 0 Å². The number of carbonyl (C=O) groups is 1. The standard InChI is InChI=1S/C30H28FNO4.ClH/c1-19(23-11-6-8-20-7-2-3-9-24(20)23)32-17-22-16-26(25-10-4-5-12-28(25)36-22)21-13-14-29(27(31)15-21)35-18-30(33)34;/h2-15,19,22,26,32H,16-18H2,1H3,(H,33,34);1H/t19-,22-,26+;/m1./s1. The number of ether oxygens (including phenoxy) is 2. The van der Waals surface area contributed by atoms with E-state index in [-0.39, 0.29) is 36.2 Å². The van der Waals surface area contributed by atoms with Crippen molar-refractivity contribution in [2.45, 2.75) is 31.4 Å². The van der Waals surface area contributed by atoms with Crippen LogP contribution in [0, 0.1) is 5.82 Å². The van der Waals surface area contributed by atoms with Gasteiger partial charge in [-0.3, -0.25) is 0 Å². The van der Waals surface area contributed by atoms with Gasteiger partial charge in [0.15, 0.2) is 18.2 Å². The summed E-state index contributed by atoms with van der Waals surface area (Å²) < 4.78 is 26.1. The number of halogens is 2. The molecule has 5 rings (SSSR count). The Morgan fingerprint density at radius 2 is 1.84 bits per heavy atom. The van der Waals surface area contributed by atoms with E-state index in [1.807, 2.05) is 30.3 Å². The molecule has 0 spiro atoms. The summed E-state index contributed by atoms with van der Waals surface area (Å²) in [5.41, 5.74) is 3.05. The molecule has 7 heteroatoms. The maximum Gasteiger partial charge on any atom is 0.341 e. The predicted octanol–water partition coefficient (Wildman–Crippen LogP) is 6.50. The molecule has 0 aliphatic carbocycles. The molecule has 37 heavy (non-hydrogen) atoms. The third-order valence-electron chi connectivity index (χ3n) is 6.74. The molecule has 0 fully saturated rings. The van der Waals surface area contributed by atoms with Crippen LogP contribution in [0.15, 0.2) is 84.9 Å². The molecule has 1 aliphatic rings. The summed E-state index contributed by atoms with van der Waals surface area (Å²) in [5.74, 6) is -1.05. The van der Waals surface area contributed by atoms with Gasteiger partial charge in [-0.1, -0.05) is 66.7 Å². The minimum absolute atomic E-state index is 0. The van der Waals surface area contributed by atoms with Gasteiger partial charge in [-0.25, -0.2) is 9.18 Å². The average molecular weight is 522 g/mol. The van der Waals surface area contributed by atoms with Crippen molar-refractivity contribution in [3.63, 3.8) is 0 Å². The average Bonchev–Trinajstić information content (AvgIpc) is 2.90. The Morgan fingerprint density at radius 3 is 2.65 bits per heavy atom. The van der Waals surface area contributed by atoms with Gasteiger partial charge < -0.3 is 19.9 Å². The first-order chi connectivity index (χ1) is 17.5. The van der Waals surface area contributed by atoms with Crippen LogP contribution in [0.5, 0.6) is 11.5 Å². The lowest BCUT2D eigenvalue weighted by Crippen LogP contribution is -2.37. The van der Waals surface area contributed by atoms with Crippen molar-refractivity contribution in [2.75, 3.05) is 13.2 Å². The van der Waals surface area contributed by atoms with Gasteiger partial charge in [0.2, 0.25) is 0 Å². The Bertz CT molecular complexity index is 1390. The number of nitrogens with one attached hydrogen (secondary N) is 1. The minimum Gasteiger partial charge on any atom is -0.489 e. The van der Waals surface area contributed by atoms with E-state index < -0.39 is 18.4 Å². The zero-order chi connectivity index (χ0) is 25.1. The minimum atomic E-state index is -1.15. The topological polar surface area (TPSA) is 67.8 Å². The van der Waals surface area contributed by atoms with E-state index >= 15 is 0 Å². The van der Waals surface area contributed by atoms with E-state index in [4.69, 9.17) is 14.6 Å². The lowest BCUT2D eigenvalue weighted by molar-refractivity contribution is -0.139. The van der Waals surface area contributed by atoms with Crippen LogP contribution >= 0.6 is 12.4 Å². The summed E-state index contributed by atoms with van der Waals surface area (Å²) in [7, 11) is 0. The molecular weight excluding hydrogens is 493 g/mol. The Kier molecular flexibility index (Phi) is 8.31. The second-order valence-electron chi connectivity index (χ2n) is 9.14. The molecule has 0 aromatic heterocycles. The quantitative estimate of drug-likeness (QED) is 0.277. The van der Waals surface area contributed by atoms with Crippen molar-refractivity contribution in [1.82, 2.24) is 5.32 Å². The molecule has 192 valence electrons. The fourth-order valence-corrected chi connectivity index (χ4v) is 4.97. The number of para-hydroxylation sites is 1. The molecule has 0 unspecified atom stereocenters. The number of carboxylic acid groups (broad SMARTS) is 1. The Hall–Kier alpha value is -3.61. The normalized spacial score (nSPS) is 17.2. The van der Waals surface area contributed by atoms with E-state index in [2.05, 4.69) is 48.6 Å². The molecular formula is C30H29ClFNO4. The van der Waals surface area contributed by atoms with E-state index in [1.54, 1.807) is 6.07 Å². The SMILES string of the molecule is C[C@@H](NC[C@H]1C[C@@H](c2ccc(OCC(=O)O)c(F)c2)c2ccccc2O1)c1cccc2ccccc12.Cl. The molecule has 0 radical (unpaired) electrons. The van der Waals surface area contributed by atoms with Gasteiger partial charge in [0.25, 0.3) is 0 Å². The zero-order valence-electron chi connectivity index (χ0n) is 20.4. The Morgan fingerprint density at radius 1 is 1.08 bits per heavy atom. The maximum atomic E-state index is 14.7. The Balaban J connectivity index is 0.00000320. The van der Waals surface area contributed by atoms with E-state index in [1.165, 1.54) is 28.5 Å². The van der Waals surface area contributed by atoms with E-state index in [9.17, 15) is 9.18 Å². The van der Waals surface area contributed by atoms with Gasteiger partial charge in [0, 0.05) is 24.1 Å². The van der Waals surface area contributed by atoms with Crippen molar-refractivity contribution in [1.29, 1.82) is 0 Å². The third kappa shape index (κ3) is 5.87. The van der Waals surface area contributed by atoms with Crippen molar-refractivity contribution in [2.24, 2.45) is 0 Å². The first-order valence-corrected chi connectivity index (χ1v) is 12.1. The highest BCUT2D eigenvalue weighted by Gasteiger charge is 2.30. The zero-order valence-corrected chi connectivity index (χ0v) is 21.2. The highest BCUT2D eigenvalue weighted by Crippen LogP contribution is 2.41. The molecule has 0 saturated heterocycles. The lowest BCUT2D eigenvalue weighted by Gasteiger charge is -2.33. The predicted molar refractivity (Wildman–Crippen MR) is 144 cm³/mol. The van der Waals surface area contributed by atoms with Crippen molar-refractivity contribution in [3.8, 4) is 11.5 Å². The second-order valence-corrected chi connectivity index (χ2v) is 9.14. The summed E-state index contributed by atoms with van der Waals surface area (Å²) in [4.78, 5) is 10.8. The van der Waals surface area contributed by atoms with Gasteiger partial charge in [0.1, 0.15) is 11.9 Å². The smallest absolute Gasteiger partial charge is 0.341 e. The highest BCUT2D eigenvalue weighted by molar-refractivity contribution is 5.86. The summed E-state index contributed by atoms with van der Waals surface area (Å²) in [5, 5.41) is 14.9. The molecule has 3 atom stereocenters. The number of hydrogen-bond acceptors (Lipinski definition) is 4. The second kappa shape index (κ2) is 11.6. The fourth-order valence-electron chi connectivity index (χ4n) is 4.97. The van der Waals surface area contributed by atoms with Crippen LogP contribution < -0.4 is 14.8 Å².